The molecule has 0 spiro atoms. The van der Waals surface area contributed by atoms with Crippen molar-refractivity contribution < 1.29 is 21.6 Å². The molecule has 0 atom stereocenters. The Morgan fingerprint density at radius 1 is 1.12 bits per heavy atom. The fourth-order valence-electron chi connectivity index (χ4n) is 3.29. The van der Waals surface area contributed by atoms with Crippen LogP contribution < -0.4 is 5.32 Å². The second-order valence-electron chi connectivity index (χ2n) is 6.92. The number of imidazole rings is 1. The summed E-state index contributed by atoms with van der Waals surface area (Å²) in [5.74, 6) is -0.664. The minimum absolute atomic E-state index is 0.0162. The largest absolute Gasteiger partial charge is 0.349 e. The number of H-pyrrole nitrogens is 1. The SMILES string of the molecule is CS(=O)(=O)n1ccnc1CNC(=O)c1[nH]c2ccc(Cl)cc2c1S(=O)(=O)c1ccccc1. The minimum atomic E-state index is -4.09. The number of halogens is 1. The maximum atomic E-state index is 13.4. The van der Waals surface area contributed by atoms with E-state index in [2.05, 4.69) is 15.3 Å². The highest BCUT2D eigenvalue weighted by Gasteiger charge is 2.30. The molecule has 2 heterocycles. The molecule has 2 aromatic heterocycles. The van der Waals surface area contributed by atoms with Crippen molar-refractivity contribution in [2.45, 2.75) is 16.3 Å². The van der Waals surface area contributed by atoms with E-state index in [0.717, 1.165) is 10.2 Å². The number of carbonyl (C=O) groups excluding carboxylic acids is 1. The van der Waals surface area contributed by atoms with Crippen LogP contribution in [0.1, 0.15) is 16.3 Å². The third-order valence-corrected chi connectivity index (χ3v) is 7.84. The van der Waals surface area contributed by atoms with Crippen LogP contribution in [0.2, 0.25) is 5.02 Å². The number of sulfone groups is 1. The second-order valence-corrected chi connectivity index (χ2v) is 11.1. The Bertz CT molecular complexity index is 1540. The van der Waals surface area contributed by atoms with Crippen LogP contribution in [-0.4, -0.2) is 42.9 Å². The molecular formula is C20H17ClN4O5S2. The van der Waals surface area contributed by atoms with E-state index in [9.17, 15) is 21.6 Å². The molecule has 0 saturated carbocycles. The van der Waals surface area contributed by atoms with Crippen molar-refractivity contribution in [1.82, 2.24) is 19.3 Å². The Morgan fingerprint density at radius 2 is 1.84 bits per heavy atom. The van der Waals surface area contributed by atoms with Crippen LogP contribution in [0.25, 0.3) is 10.9 Å². The summed E-state index contributed by atoms with van der Waals surface area (Å²) in [5.41, 5.74) is 0.218. The second kappa shape index (κ2) is 8.08. The van der Waals surface area contributed by atoms with E-state index >= 15 is 0 Å². The Kier molecular flexibility index (Phi) is 5.57. The predicted molar refractivity (Wildman–Crippen MR) is 119 cm³/mol. The Hall–Kier alpha value is -3.15. The van der Waals surface area contributed by atoms with Gasteiger partial charge in [-0.25, -0.2) is 25.8 Å². The van der Waals surface area contributed by atoms with Crippen molar-refractivity contribution in [3.8, 4) is 0 Å². The number of carbonyl (C=O) groups is 1. The zero-order valence-electron chi connectivity index (χ0n) is 16.6. The van der Waals surface area contributed by atoms with Crippen molar-refractivity contribution in [2.75, 3.05) is 6.26 Å². The molecule has 4 aromatic rings. The number of nitrogens with one attached hydrogen (secondary N) is 2. The van der Waals surface area contributed by atoms with Gasteiger partial charge >= 0.3 is 0 Å². The predicted octanol–water partition coefficient (Wildman–Crippen LogP) is 2.59. The molecule has 0 bridgehead atoms. The fraction of sp³-hybridized carbons (Fsp3) is 0.100. The molecule has 12 heteroatoms. The van der Waals surface area contributed by atoms with Gasteiger partial charge in [-0.15, -0.1) is 0 Å². The zero-order chi connectivity index (χ0) is 23.1. The van der Waals surface area contributed by atoms with Gasteiger partial charge in [0.1, 0.15) is 16.4 Å². The maximum Gasteiger partial charge on any atom is 0.269 e. The number of nitrogens with zero attached hydrogens (tertiary/aromatic N) is 2. The number of aromatic amines is 1. The number of rotatable bonds is 6. The summed E-state index contributed by atoms with van der Waals surface area (Å²) in [4.78, 5) is 19.6. The molecule has 4 rings (SSSR count). The number of benzene rings is 2. The third kappa shape index (κ3) is 4.01. The first kappa shape index (κ1) is 22.1. The van der Waals surface area contributed by atoms with Crippen molar-refractivity contribution in [3.05, 3.63) is 77.5 Å². The third-order valence-electron chi connectivity index (χ3n) is 4.71. The molecule has 0 radical (unpaired) electrons. The van der Waals surface area contributed by atoms with Gasteiger partial charge in [-0.2, -0.15) is 0 Å². The molecule has 0 unspecified atom stereocenters. The van der Waals surface area contributed by atoms with Gasteiger partial charge in [0.2, 0.25) is 19.9 Å². The van der Waals surface area contributed by atoms with Gasteiger partial charge in [0.15, 0.2) is 0 Å². The van der Waals surface area contributed by atoms with Crippen LogP contribution in [0.4, 0.5) is 0 Å². The molecule has 166 valence electrons. The maximum absolute atomic E-state index is 13.4. The minimum Gasteiger partial charge on any atom is -0.349 e. The Morgan fingerprint density at radius 3 is 2.53 bits per heavy atom. The van der Waals surface area contributed by atoms with Gasteiger partial charge in [0.05, 0.1) is 17.7 Å². The number of amides is 1. The van der Waals surface area contributed by atoms with E-state index in [1.165, 1.54) is 30.6 Å². The molecule has 1 amide bonds. The first-order chi connectivity index (χ1) is 15.1. The standard InChI is InChI=1S/C20H17ClN4O5S2/c1-31(27,28)25-10-9-22-17(25)12-23-20(26)18-19(15-11-13(21)7-8-16(15)24-18)32(29,30)14-5-3-2-4-6-14/h2-11,24H,12H2,1H3,(H,23,26). The lowest BCUT2D eigenvalue weighted by Crippen LogP contribution is -2.27. The van der Waals surface area contributed by atoms with Crippen LogP contribution in [-0.2, 0) is 26.4 Å². The molecule has 0 saturated heterocycles. The van der Waals surface area contributed by atoms with Crippen molar-refractivity contribution >= 4 is 48.3 Å². The van der Waals surface area contributed by atoms with Crippen molar-refractivity contribution in [1.29, 1.82) is 0 Å². The number of aromatic nitrogens is 3. The van der Waals surface area contributed by atoms with Gasteiger partial charge in [0.25, 0.3) is 5.91 Å². The van der Waals surface area contributed by atoms with E-state index in [0.29, 0.717) is 10.5 Å². The average molecular weight is 493 g/mol. The van der Waals surface area contributed by atoms with Crippen LogP contribution in [0.5, 0.6) is 0 Å². The van der Waals surface area contributed by atoms with E-state index in [1.807, 2.05) is 0 Å². The van der Waals surface area contributed by atoms with Crippen LogP contribution in [0.15, 0.2) is 70.7 Å². The summed E-state index contributed by atoms with van der Waals surface area (Å²) >= 11 is 6.09. The molecular weight excluding hydrogens is 476 g/mol. The van der Waals surface area contributed by atoms with E-state index in [4.69, 9.17) is 11.6 Å². The van der Waals surface area contributed by atoms with E-state index in [1.54, 1.807) is 30.3 Å². The lowest BCUT2D eigenvalue weighted by molar-refractivity contribution is 0.0942. The molecule has 9 nitrogen and oxygen atoms in total. The lowest BCUT2D eigenvalue weighted by Gasteiger charge is -2.09. The summed E-state index contributed by atoms with van der Waals surface area (Å²) in [6.45, 7) is -0.236. The Balaban J connectivity index is 1.79. The van der Waals surface area contributed by atoms with Gasteiger partial charge in [-0.1, -0.05) is 29.8 Å². The van der Waals surface area contributed by atoms with Gasteiger partial charge < -0.3 is 10.3 Å². The summed E-state index contributed by atoms with van der Waals surface area (Å²) in [5, 5.41) is 3.11. The van der Waals surface area contributed by atoms with Crippen molar-refractivity contribution in [3.63, 3.8) is 0 Å². The van der Waals surface area contributed by atoms with Gasteiger partial charge in [-0.05, 0) is 30.3 Å². The Labute approximate surface area is 189 Å². The van der Waals surface area contributed by atoms with Crippen molar-refractivity contribution in [2.24, 2.45) is 0 Å². The highest BCUT2D eigenvalue weighted by Crippen LogP contribution is 2.33. The van der Waals surface area contributed by atoms with Crippen LogP contribution in [0, 0.1) is 0 Å². The number of fused-ring (bicyclic) bond motifs is 1. The number of hydrogen-bond acceptors (Lipinski definition) is 6. The summed E-state index contributed by atoms with van der Waals surface area (Å²) in [6.07, 6.45) is 3.55. The first-order valence-corrected chi connectivity index (χ1v) is 12.9. The molecule has 2 aromatic carbocycles. The molecule has 0 aliphatic rings. The molecule has 0 fully saturated rings. The van der Waals surface area contributed by atoms with Gasteiger partial charge in [0, 0.05) is 28.3 Å². The normalized spacial score (nSPS) is 12.2. The van der Waals surface area contributed by atoms with Crippen LogP contribution >= 0.6 is 11.6 Å². The quantitative estimate of drug-likeness (QED) is 0.425. The summed E-state index contributed by atoms with van der Waals surface area (Å²) in [6, 6.07) is 12.3. The molecule has 0 aliphatic carbocycles. The zero-order valence-corrected chi connectivity index (χ0v) is 19.0. The highest BCUT2D eigenvalue weighted by atomic mass is 35.5. The van der Waals surface area contributed by atoms with E-state index in [-0.39, 0.29) is 33.2 Å². The summed E-state index contributed by atoms with van der Waals surface area (Å²) in [7, 11) is -7.70. The van der Waals surface area contributed by atoms with Crippen LogP contribution in [0.3, 0.4) is 0 Å². The summed E-state index contributed by atoms with van der Waals surface area (Å²) < 4.78 is 51.4. The monoisotopic (exact) mass is 492 g/mol. The fourth-order valence-corrected chi connectivity index (χ4v) is 5.86. The topological polar surface area (TPSA) is 131 Å². The smallest absolute Gasteiger partial charge is 0.269 e. The number of hydrogen-bond donors (Lipinski definition) is 2. The molecule has 32 heavy (non-hydrogen) atoms. The average Bonchev–Trinajstić information content (AvgIpc) is 3.37. The van der Waals surface area contributed by atoms with Gasteiger partial charge in [-0.3, -0.25) is 4.79 Å². The highest BCUT2D eigenvalue weighted by molar-refractivity contribution is 7.91. The van der Waals surface area contributed by atoms with E-state index < -0.39 is 25.8 Å². The molecule has 0 aliphatic heterocycles. The first-order valence-electron chi connectivity index (χ1n) is 9.21. The lowest BCUT2D eigenvalue weighted by atomic mass is 10.2. The molecule has 2 N–H and O–H groups in total.